The second-order valence-electron chi connectivity index (χ2n) is 4.32. The molecule has 1 amide bonds. The van der Waals surface area contributed by atoms with E-state index in [1.165, 1.54) is 16.7 Å². The molecule has 2 heterocycles. The minimum Gasteiger partial charge on any atom is -0.467 e. The third-order valence-electron chi connectivity index (χ3n) is 2.54. The van der Waals surface area contributed by atoms with Crippen molar-refractivity contribution >= 4 is 11.9 Å². The monoisotopic (exact) mass is 291 g/mol. The highest BCUT2D eigenvalue weighted by Crippen LogP contribution is 2.11. The van der Waals surface area contributed by atoms with Crippen LogP contribution in [0.3, 0.4) is 0 Å². The Morgan fingerprint density at radius 1 is 1.38 bits per heavy atom. The summed E-state index contributed by atoms with van der Waals surface area (Å²) in [5.74, 6) is 0.465. The third-order valence-corrected chi connectivity index (χ3v) is 2.54. The Hall–Kier alpha value is -2.71. The molecule has 0 radical (unpaired) electrons. The molecular formula is C12H17N7O2. The van der Waals surface area contributed by atoms with E-state index in [0.29, 0.717) is 18.2 Å². The molecule has 2 aromatic rings. The summed E-state index contributed by atoms with van der Waals surface area (Å²) in [6.45, 7) is 2.59. The summed E-state index contributed by atoms with van der Waals surface area (Å²) in [4.78, 5) is 25.7. The molecule has 0 aromatic carbocycles. The van der Waals surface area contributed by atoms with E-state index in [-0.39, 0.29) is 17.9 Å². The number of methoxy groups -OCH3 is 1. The molecule has 2 rings (SSSR count). The number of nitrogens with one attached hydrogen (secondary N) is 1. The summed E-state index contributed by atoms with van der Waals surface area (Å²) >= 11 is 0. The topological polar surface area (TPSA) is 98.1 Å². The van der Waals surface area contributed by atoms with Crippen LogP contribution in [-0.4, -0.2) is 63.3 Å². The van der Waals surface area contributed by atoms with Gasteiger partial charge in [0.1, 0.15) is 0 Å². The molecule has 0 aliphatic carbocycles. The van der Waals surface area contributed by atoms with Crippen molar-refractivity contribution in [3.8, 4) is 12.0 Å². The average Bonchev–Trinajstić information content (AvgIpc) is 2.96. The number of hydrogen-bond acceptors (Lipinski definition) is 7. The second kappa shape index (κ2) is 6.16. The number of anilines is 1. The highest BCUT2D eigenvalue weighted by Gasteiger charge is 2.14. The Labute approximate surface area is 122 Å². The Bertz CT molecular complexity index is 638. The smallest absolute Gasteiger partial charge is 0.322 e. The van der Waals surface area contributed by atoms with E-state index in [0.717, 1.165) is 0 Å². The van der Waals surface area contributed by atoms with Crippen LogP contribution in [0.5, 0.6) is 6.01 Å². The number of rotatable bonds is 5. The normalized spacial score (nSPS) is 10.3. The predicted octanol–water partition coefficient (Wildman–Crippen LogP) is 0.199. The number of carbonyl (C=O) groups is 1. The largest absolute Gasteiger partial charge is 0.467 e. The van der Waals surface area contributed by atoms with E-state index in [1.54, 1.807) is 26.4 Å². The van der Waals surface area contributed by atoms with Gasteiger partial charge in [0, 0.05) is 26.8 Å². The number of amides is 1. The van der Waals surface area contributed by atoms with Crippen molar-refractivity contribution in [2.24, 2.45) is 0 Å². The molecule has 21 heavy (non-hydrogen) atoms. The van der Waals surface area contributed by atoms with Crippen LogP contribution >= 0.6 is 0 Å². The first-order valence-electron chi connectivity index (χ1n) is 6.36. The summed E-state index contributed by atoms with van der Waals surface area (Å²) in [6.07, 6.45) is 1.61. The van der Waals surface area contributed by atoms with Crippen LogP contribution in [0.1, 0.15) is 17.4 Å². The van der Waals surface area contributed by atoms with Crippen molar-refractivity contribution in [1.82, 2.24) is 29.6 Å². The fourth-order valence-corrected chi connectivity index (χ4v) is 1.56. The van der Waals surface area contributed by atoms with Crippen molar-refractivity contribution in [2.75, 3.05) is 33.1 Å². The first kappa shape index (κ1) is 14.7. The SMILES string of the molecule is CCNc1nc(OC)nc(-n2ccc(C(=O)N(C)C)n2)n1. The molecule has 112 valence electrons. The zero-order chi connectivity index (χ0) is 15.4. The van der Waals surface area contributed by atoms with Gasteiger partial charge in [-0.25, -0.2) is 4.68 Å². The zero-order valence-corrected chi connectivity index (χ0v) is 12.4. The molecule has 1 N–H and O–H groups in total. The van der Waals surface area contributed by atoms with Crippen LogP contribution in [0.25, 0.3) is 5.95 Å². The maximum absolute atomic E-state index is 11.8. The number of hydrogen-bond donors (Lipinski definition) is 1. The molecule has 0 saturated heterocycles. The standard InChI is InChI=1S/C12H17N7O2/c1-5-13-10-14-11(16-12(15-10)21-4)19-7-6-8(17-19)9(20)18(2)3/h6-7H,5H2,1-4H3,(H,13,14,15,16). The number of aromatic nitrogens is 5. The van der Waals surface area contributed by atoms with Gasteiger partial charge in [-0.3, -0.25) is 4.79 Å². The van der Waals surface area contributed by atoms with Crippen molar-refractivity contribution < 1.29 is 9.53 Å². The molecule has 0 spiro atoms. The fourth-order valence-electron chi connectivity index (χ4n) is 1.56. The van der Waals surface area contributed by atoms with Crippen molar-refractivity contribution in [2.45, 2.75) is 6.92 Å². The Balaban J connectivity index is 2.37. The van der Waals surface area contributed by atoms with E-state index in [4.69, 9.17) is 4.74 Å². The van der Waals surface area contributed by atoms with Crippen LogP contribution in [0.2, 0.25) is 0 Å². The van der Waals surface area contributed by atoms with Crippen LogP contribution in [0.15, 0.2) is 12.3 Å². The van der Waals surface area contributed by atoms with Crippen LogP contribution in [0.4, 0.5) is 5.95 Å². The van der Waals surface area contributed by atoms with Gasteiger partial charge in [0.05, 0.1) is 7.11 Å². The number of carbonyl (C=O) groups excluding carboxylic acids is 1. The van der Waals surface area contributed by atoms with Crippen LogP contribution < -0.4 is 10.1 Å². The molecule has 0 bridgehead atoms. The third kappa shape index (κ3) is 3.25. The lowest BCUT2D eigenvalue weighted by Crippen LogP contribution is -2.22. The lowest BCUT2D eigenvalue weighted by Gasteiger charge is -2.07. The molecule has 9 nitrogen and oxygen atoms in total. The fraction of sp³-hybridized carbons (Fsp3) is 0.417. The van der Waals surface area contributed by atoms with Gasteiger partial charge in [0.25, 0.3) is 11.9 Å². The first-order valence-corrected chi connectivity index (χ1v) is 6.36. The van der Waals surface area contributed by atoms with Crippen LogP contribution in [-0.2, 0) is 0 Å². The van der Waals surface area contributed by atoms with Crippen molar-refractivity contribution in [1.29, 1.82) is 0 Å². The second-order valence-corrected chi connectivity index (χ2v) is 4.32. The minimum absolute atomic E-state index is 0.173. The van der Waals surface area contributed by atoms with Gasteiger partial charge in [-0.15, -0.1) is 0 Å². The summed E-state index contributed by atoms with van der Waals surface area (Å²) in [5.41, 5.74) is 0.310. The minimum atomic E-state index is -0.193. The van der Waals surface area contributed by atoms with Crippen LogP contribution in [0, 0.1) is 0 Å². The van der Waals surface area contributed by atoms with Gasteiger partial charge >= 0.3 is 6.01 Å². The van der Waals surface area contributed by atoms with E-state index < -0.39 is 0 Å². The highest BCUT2D eigenvalue weighted by molar-refractivity contribution is 5.91. The first-order chi connectivity index (χ1) is 10.0. The molecule has 0 aliphatic rings. The summed E-state index contributed by atoms with van der Waals surface area (Å²) in [6, 6.07) is 1.78. The van der Waals surface area contributed by atoms with E-state index >= 15 is 0 Å². The zero-order valence-electron chi connectivity index (χ0n) is 12.4. The lowest BCUT2D eigenvalue weighted by atomic mass is 10.4. The molecular weight excluding hydrogens is 274 g/mol. The van der Waals surface area contributed by atoms with Gasteiger partial charge in [0.2, 0.25) is 5.95 Å². The molecule has 0 atom stereocenters. The number of nitrogens with zero attached hydrogens (tertiary/aromatic N) is 6. The maximum Gasteiger partial charge on any atom is 0.322 e. The summed E-state index contributed by atoms with van der Waals surface area (Å²) in [5, 5.41) is 7.15. The Morgan fingerprint density at radius 3 is 2.76 bits per heavy atom. The lowest BCUT2D eigenvalue weighted by molar-refractivity contribution is 0.0821. The molecule has 2 aromatic heterocycles. The molecule has 0 unspecified atom stereocenters. The quantitative estimate of drug-likeness (QED) is 0.840. The Kier molecular flexibility index (Phi) is 4.31. The van der Waals surface area contributed by atoms with Gasteiger partial charge in [-0.2, -0.15) is 20.1 Å². The van der Waals surface area contributed by atoms with Crippen molar-refractivity contribution in [3.05, 3.63) is 18.0 Å². The molecule has 0 fully saturated rings. The van der Waals surface area contributed by atoms with Gasteiger partial charge < -0.3 is 15.0 Å². The van der Waals surface area contributed by atoms with E-state index in [2.05, 4.69) is 25.4 Å². The van der Waals surface area contributed by atoms with Gasteiger partial charge in [0.15, 0.2) is 5.69 Å². The van der Waals surface area contributed by atoms with E-state index in [1.807, 2.05) is 6.92 Å². The van der Waals surface area contributed by atoms with Crippen molar-refractivity contribution in [3.63, 3.8) is 0 Å². The predicted molar refractivity (Wildman–Crippen MR) is 75.7 cm³/mol. The highest BCUT2D eigenvalue weighted by atomic mass is 16.5. The van der Waals surface area contributed by atoms with Gasteiger partial charge in [-0.1, -0.05) is 0 Å². The van der Waals surface area contributed by atoms with Gasteiger partial charge in [-0.05, 0) is 13.0 Å². The molecule has 9 heteroatoms. The maximum atomic E-state index is 11.8. The average molecular weight is 291 g/mol. The molecule has 0 saturated carbocycles. The summed E-state index contributed by atoms with van der Waals surface area (Å²) in [7, 11) is 4.80. The number of ether oxygens (including phenoxy) is 1. The van der Waals surface area contributed by atoms with E-state index in [9.17, 15) is 4.79 Å². The Morgan fingerprint density at radius 2 is 2.14 bits per heavy atom. The summed E-state index contributed by atoms with van der Waals surface area (Å²) < 4.78 is 6.44. The molecule has 0 aliphatic heterocycles.